The molecule has 0 aliphatic heterocycles. The minimum absolute atomic E-state index is 0.263. The van der Waals surface area contributed by atoms with Crippen LogP contribution in [0.15, 0.2) is 58.7 Å². The van der Waals surface area contributed by atoms with Crippen LogP contribution in [-0.2, 0) is 12.8 Å². The van der Waals surface area contributed by atoms with Gasteiger partial charge in [-0.2, -0.15) is 0 Å². The SMILES string of the molecule is CCC(C)=CCCC(C)=CCc1c(O)ccc(O)c1CC=C(C)CCC=C(C)C. The Kier molecular flexibility index (Phi) is 11.2. The number of phenolic OH excluding ortho intramolecular Hbond substituents is 2. The van der Waals surface area contributed by atoms with Crippen LogP contribution in [-0.4, -0.2) is 10.2 Å². The molecule has 0 heterocycles. The van der Waals surface area contributed by atoms with Crippen molar-refractivity contribution < 1.29 is 10.2 Å². The van der Waals surface area contributed by atoms with Crippen LogP contribution in [0.4, 0.5) is 0 Å². The molecule has 0 unspecified atom stereocenters. The lowest BCUT2D eigenvalue weighted by Crippen LogP contribution is -1.95. The molecular weight excluding hydrogens is 356 g/mol. The number of hydrogen-bond donors (Lipinski definition) is 2. The van der Waals surface area contributed by atoms with E-state index in [9.17, 15) is 10.2 Å². The largest absolute Gasteiger partial charge is 0.508 e. The fourth-order valence-corrected chi connectivity index (χ4v) is 3.16. The molecule has 0 aliphatic rings. The number of hydrogen-bond acceptors (Lipinski definition) is 2. The highest BCUT2D eigenvalue weighted by atomic mass is 16.3. The first-order valence-corrected chi connectivity index (χ1v) is 10.9. The molecule has 0 aliphatic carbocycles. The predicted octanol–water partition coefficient (Wildman–Crippen LogP) is 7.96. The van der Waals surface area contributed by atoms with Crippen LogP contribution in [0.3, 0.4) is 0 Å². The topological polar surface area (TPSA) is 40.5 Å². The highest BCUT2D eigenvalue weighted by molar-refractivity contribution is 5.49. The zero-order valence-electron chi connectivity index (χ0n) is 19.3. The van der Waals surface area contributed by atoms with Gasteiger partial charge in [0.05, 0.1) is 0 Å². The van der Waals surface area contributed by atoms with E-state index in [4.69, 9.17) is 0 Å². The van der Waals surface area contributed by atoms with Gasteiger partial charge in [0.2, 0.25) is 0 Å². The monoisotopic (exact) mass is 396 g/mol. The quantitative estimate of drug-likeness (QED) is 0.294. The van der Waals surface area contributed by atoms with Gasteiger partial charge in [-0.3, -0.25) is 0 Å². The van der Waals surface area contributed by atoms with Gasteiger partial charge >= 0.3 is 0 Å². The predicted molar refractivity (Wildman–Crippen MR) is 127 cm³/mol. The Morgan fingerprint density at radius 2 is 1.14 bits per heavy atom. The second-order valence-corrected chi connectivity index (χ2v) is 8.33. The zero-order chi connectivity index (χ0) is 21.8. The van der Waals surface area contributed by atoms with E-state index in [2.05, 4.69) is 65.8 Å². The Balaban J connectivity index is 2.87. The fourth-order valence-electron chi connectivity index (χ4n) is 3.16. The summed E-state index contributed by atoms with van der Waals surface area (Å²) >= 11 is 0. The van der Waals surface area contributed by atoms with Crippen molar-refractivity contribution in [1.29, 1.82) is 0 Å². The van der Waals surface area contributed by atoms with Crippen molar-refractivity contribution in [1.82, 2.24) is 0 Å². The van der Waals surface area contributed by atoms with E-state index >= 15 is 0 Å². The van der Waals surface area contributed by atoms with Gasteiger partial charge in [0.25, 0.3) is 0 Å². The molecule has 0 spiro atoms. The van der Waals surface area contributed by atoms with E-state index in [0.717, 1.165) is 43.2 Å². The molecule has 1 rings (SSSR count). The van der Waals surface area contributed by atoms with Gasteiger partial charge in [-0.1, -0.05) is 53.5 Å². The normalized spacial score (nSPS) is 13.0. The van der Waals surface area contributed by atoms with Crippen molar-refractivity contribution in [3.63, 3.8) is 0 Å². The van der Waals surface area contributed by atoms with E-state index in [-0.39, 0.29) is 11.5 Å². The molecule has 0 aromatic heterocycles. The maximum absolute atomic E-state index is 10.4. The standard InChI is InChI=1S/C27H40O2/c1-7-21(4)11-9-13-23(6)15-17-25-24(26(28)18-19-27(25)29)16-14-22(5)12-8-10-20(2)3/h10-11,14-15,18-19,28-29H,7-9,12-13,16-17H2,1-6H3. The summed E-state index contributed by atoms with van der Waals surface area (Å²) < 4.78 is 0. The summed E-state index contributed by atoms with van der Waals surface area (Å²) in [5, 5.41) is 20.8. The first kappa shape index (κ1) is 24.8. The van der Waals surface area contributed by atoms with Crippen LogP contribution in [0.5, 0.6) is 11.5 Å². The fraction of sp³-hybridized carbons (Fsp3) is 0.481. The van der Waals surface area contributed by atoms with Crippen molar-refractivity contribution in [2.75, 3.05) is 0 Å². The number of rotatable bonds is 11. The maximum Gasteiger partial charge on any atom is 0.119 e. The molecule has 29 heavy (non-hydrogen) atoms. The number of phenols is 2. The van der Waals surface area contributed by atoms with Gasteiger partial charge in [-0.05, 0) is 91.7 Å². The van der Waals surface area contributed by atoms with Gasteiger partial charge in [0.15, 0.2) is 0 Å². The lowest BCUT2D eigenvalue weighted by Gasteiger charge is -2.12. The molecule has 160 valence electrons. The molecule has 2 nitrogen and oxygen atoms in total. The molecule has 0 amide bonds. The lowest BCUT2D eigenvalue weighted by molar-refractivity contribution is 0.450. The van der Waals surface area contributed by atoms with E-state index in [1.165, 1.54) is 22.3 Å². The number of aromatic hydroxyl groups is 2. The minimum Gasteiger partial charge on any atom is -0.508 e. The van der Waals surface area contributed by atoms with Gasteiger partial charge in [-0.25, -0.2) is 0 Å². The Morgan fingerprint density at radius 3 is 1.55 bits per heavy atom. The summed E-state index contributed by atoms with van der Waals surface area (Å²) in [5.74, 6) is 0.526. The third-order valence-corrected chi connectivity index (χ3v) is 5.37. The smallest absolute Gasteiger partial charge is 0.119 e. The van der Waals surface area contributed by atoms with E-state index < -0.39 is 0 Å². The second-order valence-electron chi connectivity index (χ2n) is 8.33. The molecule has 0 fully saturated rings. The number of allylic oxidation sites excluding steroid dienone is 8. The average Bonchev–Trinajstić information content (AvgIpc) is 2.67. The van der Waals surface area contributed by atoms with E-state index in [0.29, 0.717) is 12.8 Å². The Bertz CT molecular complexity index is 772. The molecule has 2 N–H and O–H groups in total. The second kappa shape index (κ2) is 13.1. The first-order chi connectivity index (χ1) is 13.7. The third kappa shape index (κ3) is 9.69. The summed E-state index contributed by atoms with van der Waals surface area (Å²) in [6.07, 6.45) is 15.4. The molecule has 0 saturated carbocycles. The van der Waals surface area contributed by atoms with Crippen LogP contribution < -0.4 is 0 Å². The van der Waals surface area contributed by atoms with E-state index in [1.807, 2.05) is 0 Å². The van der Waals surface area contributed by atoms with Crippen molar-refractivity contribution in [2.45, 2.75) is 86.5 Å². The van der Waals surface area contributed by atoms with Crippen molar-refractivity contribution >= 4 is 0 Å². The van der Waals surface area contributed by atoms with Crippen LogP contribution in [0.25, 0.3) is 0 Å². The molecule has 1 aromatic rings. The molecule has 0 radical (unpaired) electrons. The Hall–Kier alpha value is -2.22. The summed E-state index contributed by atoms with van der Waals surface area (Å²) in [7, 11) is 0. The molecule has 0 bridgehead atoms. The Labute approximate surface area is 178 Å². The lowest BCUT2D eigenvalue weighted by atomic mass is 9.96. The summed E-state index contributed by atoms with van der Waals surface area (Å²) in [5.41, 5.74) is 7.05. The van der Waals surface area contributed by atoms with Crippen molar-refractivity contribution in [3.8, 4) is 11.5 Å². The maximum atomic E-state index is 10.4. The highest BCUT2D eigenvalue weighted by Crippen LogP contribution is 2.31. The van der Waals surface area contributed by atoms with Crippen LogP contribution in [0, 0.1) is 0 Å². The average molecular weight is 397 g/mol. The van der Waals surface area contributed by atoms with Gasteiger partial charge in [0.1, 0.15) is 11.5 Å². The van der Waals surface area contributed by atoms with Crippen LogP contribution >= 0.6 is 0 Å². The molecule has 0 saturated heterocycles. The van der Waals surface area contributed by atoms with Gasteiger partial charge in [-0.15, -0.1) is 0 Å². The van der Waals surface area contributed by atoms with Crippen molar-refractivity contribution in [3.05, 3.63) is 69.9 Å². The summed E-state index contributed by atoms with van der Waals surface area (Å²) in [4.78, 5) is 0. The van der Waals surface area contributed by atoms with Crippen LogP contribution in [0.1, 0.15) is 84.8 Å². The molecule has 1 aromatic carbocycles. The first-order valence-electron chi connectivity index (χ1n) is 10.9. The summed E-state index contributed by atoms with van der Waals surface area (Å²) in [6.45, 7) is 12.9. The van der Waals surface area contributed by atoms with Crippen molar-refractivity contribution in [2.24, 2.45) is 0 Å². The molecule has 0 atom stereocenters. The highest BCUT2D eigenvalue weighted by Gasteiger charge is 2.11. The summed E-state index contributed by atoms with van der Waals surface area (Å²) in [6, 6.07) is 3.19. The Morgan fingerprint density at radius 1 is 0.690 bits per heavy atom. The van der Waals surface area contributed by atoms with E-state index in [1.54, 1.807) is 12.1 Å². The number of benzene rings is 1. The van der Waals surface area contributed by atoms with Gasteiger partial charge in [0, 0.05) is 11.1 Å². The third-order valence-electron chi connectivity index (χ3n) is 5.37. The van der Waals surface area contributed by atoms with Gasteiger partial charge < -0.3 is 10.2 Å². The molecular formula is C27H40O2. The van der Waals surface area contributed by atoms with Crippen LogP contribution in [0.2, 0.25) is 0 Å². The molecule has 2 heteroatoms. The minimum atomic E-state index is 0.263. The zero-order valence-corrected chi connectivity index (χ0v) is 19.3.